The van der Waals surface area contributed by atoms with Crippen LogP contribution in [0, 0.1) is 16.0 Å². The number of aliphatic carboxylic acids is 1. The first kappa shape index (κ1) is 16.9. The second kappa shape index (κ2) is 8.21. The second-order valence-corrected chi connectivity index (χ2v) is 4.82. The highest BCUT2D eigenvalue weighted by Crippen LogP contribution is 2.25. The van der Waals surface area contributed by atoms with Gasteiger partial charge in [0.05, 0.1) is 24.0 Å². The summed E-state index contributed by atoms with van der Waals surface area (Å²) in [7, 11) is 1.42. The van der Waals surface area contributed by atoms with Gasteiger partial charge in [0, 0.05) is 6.07 Å². The molecular weight excluding hydrogens is 276 g/mol. The molecule has 0 amide bonds. The standard InChI is InChI=1S/C14H20N2O5/c1-21-13-8-10(7-12(9-13)16(19)20)6-11(14(17)18)4-2-3-5-15/h7-9,11H,2-6,15H2,1H3,(H,17,18). The van der Waals surface area contributed by atoms with Crippen molar-refractivity contribution in [3.05, 3.63) is 33.9 Å². The fraction of sp³-hybridized carbons (Fsp3) is 0.500. The average Bonchev–Trinajstić information content (AvgIpc) is 2.45. The van der Waals surface area contributed by atoms with Gasteiger partial charge in [-0.1, -0.05) is 6.42 Å². The van der Waals surface area contributed by atoms with Crippen LogP contribution < -0.4 is 10.5 Å². The van der Waals surface area contributed by atoms with Crippen LogP contribution in [0.15, 0.2) is 18.2 Å². The molecule has 0 aliphatic heterocycles. The Bertz CT molecular complexity index is 504. The normalized spacial score (nSPS) is 11.9. The lowest BCUT2D eigenvalue weighted by Gasteiger charge is -2.13. The van der Waals surface area contributed by atoms with Gasteiger partial charge in [-0.3, -0.25) is 14.9 Å². The first-order chi connectivity index (χ1) is 9.97. The fourth-order valence-electron chi connectivity index (χ4n) is 2.12. The fourth-order valence-corrected chi connectivity index (χ4v) is 2.12. The van der Waals surface area contributed by atoms with Crippen molar-refractivity contribution in [3.63, 3.8) is 0 Å². The van der Waals surface area contributed by atoms with E-state index in [0.29, 0.717) is 24.3 Å². The number of carboxylic acids is 1. The second-order valence-electron chi connectivity index (χ2n) is 4.82. The van der Waals surface area contributed by atoms with Crippen LogP contribution in [0.1, 0.15) is 24.8 Å². The van der Waals surface area contributed by atoms with E-state index in [1.165, 1.54) is 19.2 Å². The third-order valence-electron chi connectivity index (χ3n) is 3.24. The highest BCUT2D eigenvalue weighted by atomic mass is 16.6. The van der Waals surface area contributed by atoms with Gasteiger partial charge in [0.2, 0.25) is 0 Å². The number of ether oxygens (including phenoxy) is 1. The molecule has 1 aromatic carbocycles. The minimum absolute atomic E-state index is 0.101. The van der Waals surface area contributed by atoms with E-state index in [-0.39, 0.29) is 12.1 Å². The maximum absolute atomic E-state index is 11.3. The summed E-state index contributed by atoms with van der Waals surface area (Å²) in [6.07, 6.45) is 2.22. The lowest BCUT2D eigenvalue weighted by atomic mass is 9.94. The maximum atomic E-state index is 11.3. The van der Waals surface area contributed by atoms with Gasteiger partial charge in [0.1, 0.15) is 5.75 Å². The Morgan fingerprint density at radius 2 is 2.14 bits per heavy atom. The Morgan fingerprint density at radius 1 is 1.43 bits per heavy atom. The molecule has 1 atom stereocenters. The summed E-state index contributed by atoms with van der Waals surface area (Å²) in [5.41, 5.74) is 5.88. The van der Waals surface area contributed by atoms with Crippen LogP contribution in [-0.4, -0.2) is 29.7 Å². The molecule has 0 bridgehead atoms. The molecule has 3 N–H and O–H groups in total. The Balaban J connectivity index is 2.89. The number of benzene rings is 1. The highest BCUT2D eigenvalue weighted by Gasteiger charge is 2.19. The van der Waals surface area contributed by atoms with Gasteiger partial charge < -0.3 is 15.6 Å². The number of rotatable bonds is 9. The van der Waals surface area contributed by atoms with Gasteiger partial charge in [-0.15, -0.1) is 0 Å². The smallest absolute Gasteiger partial charge is 0.306 e. The molecule has 0 saturated carbocycles. The van der Waals surface area contributed by atoms with Crippen LogP contribution in [0.2, 0.25) is 0 Å². The Morgan fingerprint density at radius 3 is 2.67 bits per heavy atom. The van der Waals surface area contributed by atoms with Crippen molar-refractivity contribution in [2.24, 2.45) is 11.7 Å². The largest absolute Gasteiger partial charge is 0.496 e. The molecule has 7 heteroatoms. The number of nitro benzene ring substituents is 1. The van der Waals surface area contributed by atoms with Crippen molar-refractivity contribution in [3.8, 4) is 5.75 Å². The van der Waals surface area contributed by atoms with Crippen LogP contribution in [0.25, 0.3) is 0 Å². The SMILES string of the molecule is COc1cc(CC(CCCCN)C(=O)O)cc([N+](=O)[O-])c1. The molecule has 0 heterocycles. The third kappa shape index (κ3) is 5.39. The number of nitrogens with two attached hydrogens (primary N) is 1. The van der Waals surface area contributed by atoms with Crippen molar-refractivity contribution in [2.45, 2.75) is 25.7 Å². The molecule has 0 saturated heterocycles. The molecule has 7 nitrogen and oxygen atoms in total. The number of methoxy groups -OCH3 is 1. The topological polar surface area (TPSA) is 116 Å². The molecule has 0 radical (unpaired) electrons. The molecular formula is C14H20N2O5. The first-order valence-electron chi connectivity index (χ1n) is 6.73. The minimum Gasteiger partial charge on any atom is -0.496 e. The van der Waals surface area contributed by atoms with Gasteiger partial charge >= 0.3 is 5.97 Å². The monoisotopic (exact) mass is 296 g/mol. The number of unbranched alkanes of at least 4 members (excludes halogenated alkanes) is 1. The molecule has 1 unspecified atom stereocenters. The molecule has 0 fully saturated rings. The van der Waals surface area contributed by atoms with Crippen LogP contribution >= 0.6 is 0 Å². The number of hydrogen-bond donors (Lipinski definition) is 2. The zero-order chi connectivity index (χ0) is 15.8. The zero-order valence-electron chi connectivity index (χ0n) is 11.9. The van der Waals surface area contributed by atoms with Crippen LogP contribution in [0.4, 0.5) is 5.69 Å². The molecule has 0 aliphatic rings. The van der Waals surface area contributed by atoms with Gasteiger partial charge in [-0.2, -0.15) is 0 Å². The van der Waals surface area contributed by atoms with Crippen molar-refractivity contribution >= 4 is 11.7 Å². The maximum Gasteiger partial charge on any atom is 0.306 e. The Kier molecular flexibility index (Phi) is 6.61. The number of carbonyl (C=O) groups is 1. The molecule has 0 spiro atoms. The van der Waals surface area contributed by atoms with Crippen molar-refractivity contribution in [1.82, 2.24) is 0 Å². The van der Waals surface area contributed by atoms with Gasteiger partial charge in [-0.25, -0.2) is 0 Å². The number of carboxylic acid groups (broad SMARTS) is 1. The van der Waals surface area contributed by atoms with E-state index < -0.39 is 16.8 Å². The molecule has 1 rings (SSSR count). The number of nitro groups is 1. The van der Waals surface area contributed by atoms with Crippen LogP contribution in [0.3, 0.4) is 0 Å². The van der Waals surface area contributed by atoms with Crippen molar-refractivity contribution in [1.29, 1.82) is 0 Å². The van der Waals surface area contributed by atoms with Gasteiger partial charge in [0.15, 0.2) is 0 Å². The number of hydrogen-bond acceptors (Lipinski definition) is 5. The number of nitrogens with zero attached hydrogens (tertiary/aromatic N) is 1. The average molecular weight is 296 g/mol. The van der Waals surface area contributed by atoms with E-state index in [0.717, 1.165) is 12.8 Å². The summed E-state index contributed by atoms with van der Waals surface area (Å²) in [6, 6.07) is 4.33. The zero-order valence-corrected chi connectivity index (χ0v) is 11.9. The van der Waals surface area contributed by atoms with Crippen molar-refractivity contribution < 1.29 is 19.6 Å². The van der Waals surface area contributed by atoms with E-state index in [9.17, 15) is 20.0 Å². The van der Waals surface area contributed by atoms with E-state index >= 15 is 0 Å². The summed E-state index contributed by atoms with van der Waals surface area (Å²) in [4.78, 5) is 21.6. The molecule has 0 aromatic heterocycles. The molecule has 1 aromatic rings. The molecule has 0 aliphatic carbocycles. The number of non-ortho nitro benzene ring substituents is 1. The molecule has 116 valence electrons. The van der Waals surface area contributed by atoms with E-state index in [1.807, 2.05) is 0 Å². The minimum atomic E-state index is -0.905. The predicted octanol–water partition coefficient (Wildman–Crippen LogP) is 1.98. The first-order valence-corrected chi connectivity index (χ1v) is 6.73. The summed E-state index contributed by atoms with van der Waals surface area (Å²) < 4.78 is 5.02. The summed E-state index contributed by atoms with van der Waals surface area (Å²) in [5.74, 6) is -1.13. The highest BCUT2D eigenvalue weighted by molar-refractivity contribution is 5.70. The quantitative estimate of drug-likeness (QED) is 0.409. The van der Waals surface area contributed by atoms with Gasteiger partial charge in [-0.05, 0) is 37.4 Å². The van der Waals surface area contributed by atoms with Crippen LogP contribution in [0.5, 0.6) is 5.75 Å². The van der Waals surface area contributed by atoms with E-state index in [1.54, 1.807) is 6.07 Å². The van der Waals surface area contributed by atoms with Crippen LogP contribution in [-0.2, 0) is 11.2 Å². The van der Waals surface area contributed by atoms with Gasteiger partial charge in [0.25, 0.3) is 5.69 Å². The van der Waals surface area contributed by atoms with E-state index in [4.69, 9.17) is 10.5 Å². The summed E-state index contributed by atoms with van der Waals surface area (Å²) in [6.45, 7) is 0.525. The Labute approximate surface area is 122 Å². The Hall–Kier alpha value is -2.15. The lowest BCUT2D eigenvalue weighted by molar-refractivity contribution is -0.385. The summed E-state index contributed by atoms with van der Waals surface area (Å²) in [5, 5.41) is 20.1. The molecule has 21 heavy (non-hydrogen) atoms. The van der Waals surface area contributed by atoms with E-state index in [2.05, 4.69) is 0 Å². The van der Waals surface area contributed by atoms with Crippen molar-refractivity contribution in [2.75, 3.05) is 13.7 Å². The third-order valence-corrected chi connectivity index (χ3v) is 3.24. The lowest BCUT2D eigenvalue weighted by Crippen LogP contribution is -2.17. The summed E-state index contributed by atoms with van der Waals surface area (Å²) >= 11 is 0. The predicted molar refractivity (Wildman–Crippen MR) is 77.4 cm³/mol.